The van der Waals surface area contributed by atoms with Crippen molar-refractivity contribution in [3.8, 4) is 0 Å². The Morgan fingerprint density at radius 3 is 3.00 bits per heavy atom. The molecule has 0 saturated carbocycles. The molecule has 0 unspecified atom stereocenters. The number of hydrogen-bond donors (Lipinski definition) is 1. The SMILES string of the molecule is CC(C)NC(=O)CSc1nc2sc3c(c2c(=O)n1C[C@H]1CCCO1)CCC3. The molecule has 1 N–H and O–H groups in total. The Morgan fingerprint density at radius 1 is 1.41 bits per heavy atom. The summed E-state index contributed by atoms with van der Waals surface area (Å²) in [6, 6.07) is 0.0999. The first-order valence-corrected chi connectivity index (χ1v) is 11.4. The van der Waals surface area contributed by atoms with E-state index < -0.39 is 0 Å². The lowest BCUT2D eigenvalue weighted by Gasteiger charge is -2.16. The minimum Gasteiger partial charge on any atom is -0.376 e. The van der Waals surface area contributed by atoms with E-state index in [9.17, 15) is 9.59 Å². The molecule has 0 aromatic carbocycles. The summed E-state index contributed by atoms with van der Waals surface area (Å²) in [5.74, 6) is 0.217. The monoisotopic (exact) mass is 407 g/mol. The molecule has 4 rings (SSSR count). The third kappa shape index (κ3) is 3.93. The molecule has 2 aromatic rings. The number of thioether (sulfide) groups is 1. The van der Waals surface area contributed by atoms with Crippen LogP contribution in [0.15, 0.2) is 9.95 Å². The van der Waals surface area contributed by atoms with Crippen molar-refractivity contribution in [1.29, 1.82) is 0 Å². The molecule has 2 aromatic heterocycles. The molecule has 0 spiro atoms. The minimum absolute atomic E-state index is 0.0293. The van der Waals surface area contributed by atoms with Crippen LogP contribution in [0, 0.1) is 0 Å². The minimum atomic E-state index is -0.0401. The van der Waals surface area contributed by atoms with Gasteiger partial charge in [0, 0.05) is 17.5 Å². The van der Waals surface area contributed by atoms with E-state index >= 15 is 0 Å². The van der Waals surface area contributed by atoms with E-state index in [4.69, 9.17) is 9.72 Å². The number of carbonyl (C=O) groups excluding carboxylic acids is 1. The summed E-state index contributed by atoms with van der Waals surface area (Å²) in [5, 5.41) is 4.31. The number of amides is 1. The first-order chi connectivity index (χ1) is 13.0. The second-order valence-electron chi connectivity index (χ2n) is 7.49. The number of hydrogen-bond acceptors (Lipinski definition) is 6. The number of thiophene rings is 1. The molecule has 0 radical (unpaired) electrons. The smallest absolute Gasteiger partial charge is 0.263 e. The second-order valence-corrected chi connectivity index (χ2v) is 9.52. The first-order valence-electron chi connectivity index (χ1n) is 9.61. The van der Waals surface area contributed by atoms with Gasteiger partial charge in [0.25, 0.3) is 5.56 Å². The maximum Gasteiger partial charge on any atom is 0.263 e. The molecule has 1 amide bonds. The highest BCUT2D eigenvalue weighted by Gasteiger charge is 2.25. The molecule has 146 valence electrons. The van der Waals surface area contributed by atoms with Crippen molar-refractivity contribution in [2.24, 2.45) is 0 Å². The van der Waals surface area contributed by atoms with Gasteiger partial charge in [-0.25, -0.2) is 4.98 Å². The van der Waals surface area contributed by atoms with Crippen molar-refractivity contribution in [3.05, 3.63) is 20.8 Å². The van der Waals surface area contributed by atoms with Crippen molar-refractivity contribution in [2.45, 2.75) is 69.8 Å². The number of nitrogens with one attached hydrogen (secondary N) is 1. The Bertz CT molecular complexity index is 913. The quantitative estimate of drug-likeness (QED) is 0.589. The van der Waals surface area contributed by atoms with E-state index in [1.165, 1.54) is 22.2 Å². The van der Waals surface area contributed by atoms with Gasteiger partial charge in [0.05, 0.1) is 23.8 Å². The van der Waals surface area contributed by atoms with Crippen LogP contribution in [0.25, 0.3) is 10.2 Å². The molecule has 1 saturated heterocycles. The maximum absolute atomic E-state index is 13.3. The molecule has 6 nitrogen and oxygen atoms in total. The number of aryl methyl sites for hydroxylation is 2. The molecule has 1 fully saturated rings. The Hall–Kier alpha value is -1.38. The van der Waals surface area contributed by atoms with Gasteiger partial charge in [0.1, 0.15) is 4.83 Å². The lowest BCUT2D eigenvalue weighted by Crippen LogP contribution is -2.32. The van der Waals surface area contributed by atoms with Crippen molar-refractivity contribution in [1.82, 2.24) is 14.9 Å². The predicted molar refractivity (Wildman–Crippen MR) is 109 cm³/mol. The highest BCUT2D eigenvalue weighted by Crippen LogP contribution is 2.35. The fraction of sp³-hybridized carbons (Fsp3) is 0.632. The number of aromatic nitrogens is 2. The van der Waals surface area contributed by atoms with Crippen LogP contribution in [0.4, 0.5) is 0 Å². The van der Waals surface area contributed by atoms with Crippen LogP contribution in [0.2, 0.25) is 0 Å². The Morgan fingerprint density at radius 2 is 2.26 bits per heavy atom. The number of ether oxygens (including phenoxy) is 1. The van der Waals surface area contributed by atoms with E-state index in [0.29, 0.717) is 11.7 Å². The lowest BCUT2D eigenvalue weighted by molar-refractivity contribution is -0.119. The summed E-state index contributed by atoms with van der Waals surface area (Å²) >= 11 is 2.98. The molecule has 8 heteroatoms. The zero-order valence-electron chi connectivity index (χ0n) is 15.7. The number of rotatable bonds is 6. The van der Waals surface area contributed by atoms with E-state index in [1.54, 1.807) is 15.9 Å². The van der Waals surface area contributed by atoms with Gasteiger partial charge in [0.2, 0.25) is 5.91 Å². The highest BCUT2D eigenvalue weighted by molar-refractivity contribution is 7.99. The summed E-state index contributed by atoms with van der Waals surface area (Å²) in [6.45, 7) is 5.14. The zero-order valence-corrected chi connectivity index (χ0v) is 17.4. The third-order valence-electron chi connectivity index (χ3n) is 4.98. The fourth-order valence-electron chi connectivity index (χ4n) is 3.82. The van der Waals surface area contributed by atoms with E-state index in [0.717, 1.165) is 48.9 Å². The zero-order chi connectivity index (χ0) is 19.0. The van der Waals surface area contributed by atoms with Crippen LogP contribution in [0.3, 0.4) is 0 Å². The van der Waals surface area contributed by atoms with Gasteiger partial charge in [-0.3, -0.25) is 14.2 Å². The maximum atomic E-state index is 13.3. The highest BCUT2D eigenvalue weighted by atomic mass is 32.2. The third-order valence-corrected chi connectivity index (χ3v) is 7.14. The molecule has 0 bridgehead atoms. The van der Waals surface area contributed by atoms with Gasteiger partial charge >= 0.3 is 0 Å². The summed E-state index contributed by atoms with van der Waals surface area (Å²) in [7, 11) is 0. The molecule has 1 atom stereocenters. The molecule has 27 heavy (non-hydrogen) atoms. The van der Waals surface area contributed by atoms with Crippen molar-refractivity contribution < 1.29 is 9.53 Å². The van der Waals surface area contributed by atoms with Crippen molar-refractivity contribution >= 4 is 39.2 Å². The van der Waals surface area contributed by atoms with Gasteiger partial charge in [-0.2, -0.15) is 0 Å². The second kappa shape index (κ2) is 7.93. The Balaban J connectivity index is 1.69. The fourth-order valence-corrected chi connectivity index (χ4v) is 5.94. The van der Waals surface area contributed by atoms with Crippen molar-refractivity contribution in [2.75, 3.05) is 12.4 Å². The van der Waals surface area contributed by atoms with Crippen LogP contribution in [-0.2, 0) is 28.9 Å². The molecule has 1 aliphatic carbocycles. The van der Waals surface area contributed by atoms with Crippen LogP contribution < -0.4 is 10.9 Å². The van der Waals surface area contributed by atoms with Crippen LogP contribution >= 0.6 is 23.1 Å². The lowest BCUT2D eigenvalue weighted by atomic mass is 10.2. The number of carbonyl (C=O) groups is 1. The number of nitrogens with zero attached hydrogens (tertiary/aromatic N) is 2. The standard InChI is InChI=1S/C19H25N3O3S2/c1-11(2)20-15(23)10-26-19-21-17-16(13-6-3-7-14(13)27-17)18(24)22(19)9-12-5-4-8-25-12/h11-12H,3-10H2,1-2H3,(H,20,23)/t12-/m1/s1. The van der Waals surface area contributed by atoms with Crippen LogP contribution in [-0.4, -0.2) is 40.0 Å². The molecular formula is C19H25N3O3S2. The largest absolute Gasteiger partial charge is 0.376 e. The normalized spacial score (nSPS) is 19.1. The molecule has 1 aliphatic heterocycles. The summed E-state index contributed by atoms with van der Waals surface area (Å²) in [6.07, 6.45) is 5.18. The van der Waals surface area contributed by atoms with Crippen molar-refractivity contribution in [3.63, 3.8) is 0 Å². The first kappa shape index (κ1) is 19.0. The summed E-state index contributed by atoms with van der Waals surface area (Å²) in [4.78, 5) is 32.3. The van der Waals surface area contributed by atoms with E-state index in [-0.39, 0.29) is 29.4 Å². The average Bonchev–Trinajstić information content (AvgIpc) is 3.32. The van der Waals surface area contributed by atoms with E-state index in [1.807, 2.05) is 13.8 Å². The van der Waals surface area contributed by atoms with Gasteiger partial charge in [-0.05, 0) is 51.5 Å². The van der Waals surface area contributed by atoms with Gasteiger partial charge in [-0.1, -0.05) is 11.8 Å². The Kier molecular flexibility index (Phi) is 5.57. The molecule has 2 aliphatic rings. The molecular weight excluding hydrogens is 382 g/mol. The average molecular weight is 408 g/mol. The topological polar surface area (TPSA) is 73.2 Å². The molecule has 3 heterocycles. The van der Waals surface area contributed by atoms with Gasteiger partial charge < -0.3 is 10.1 Å². The predicted octanol–water partition coefficient (Wildman–Crippen LogP) is 2.74. The van der Waals surface area contributed by atoms with Crippen LogP contribution in [0.1, 0.15) is 43.6 Å². The summed E-state index contributed by atoms with van der Waals surface area (Å²) in [5.41, 5.74) is 1.23. The summed E-state index contributed by atoms with van der Waals surface area (Å²) < 4.78 is 7.50. The van der Waals surface area contributed by atoms with Gasteiger partial charge in [0.15, 0.2) is 5.16 Å². The number of fused-ring (bicyclic) bond motifs is 3. The van der Waals surface area contributed by atoms with Crippen LogP contribution in [0.5, 0.6) is 0 Å². The van der Waals surface area contributed by atoms with Gasteiger partial charge in [-0.15, -0.1) is 11.3 Å². The Labute approximate surface area is 166 Å². The van der Waals surface area contributed by atoms with E-state index in [2.05, 4.69) is 5.32 Å².